The van der Waals surface area contributed by atoms with E-state index in [9.17, 15) is 14.4 Å². The number of amides is 3. The zero-order chi connectivity index (χ0) is 12.1. The van der Waals surface area contributed by atoms with E-state index in [0.29, 0.717) is 13.1 Å². The first kappa shape index (κ1) is 12.5. The van der Waals surface area contributed by atoms with Gasteiger partial charge in [-0.15, -0.1) is 0 Å². The predicted molar refractivity (Wildman–Crippen MR) is 57.5 cm³/mol. The highest BCUT2D eigenvalue weighted by Gasteiger charge is 2.24. The molecular weight excluding hydrogens is 210 g/mol. The Hall–Kier alpha value is -1.59. The predicted octanol–water partition coefficient (Wildman–Crippen LogP) is -1.14. The van der Waals surface area contributed by atoms with Crippen LogP contribution >= 0.6 is 0 Å². The Morgan fingerprint density at radius 2 is 2.19 bits per heavy atom. The van der Waals surface area contributed by atoms with Crippen molar-refractivity contribution in [1.82, 2.24) is 15.5 Å². The minimum absolute atomic E-state index is 0.0722. The third-order valence-corrected chi connectivity index (χ3v) is 2.36. The zero-order valence-electron chi connectivity index (χ0n) is 9.58. The van der Waals surface area contributed by atoms with Gasteiger partial charge in [-0.2, -0.15) is 0 Å². The Balaban J connectivity index is 2.57. The molecule has 2 N–H and O–H groups in total. The van der Waals surface area contributed by atoms with Crippen LogP contribution in [0.2, 0.25) is 0 Å². The Kier molecular flexibility index (Phi) is 4.28. The van der Waals surface area contributed by atoms with Crippen molar-refractivity contribution >= 4 is 17.7 Å². The van der Waals surface area contributed by atoms with Crippen LogP contribution in [0.25, 0.3) is 0 Å². The van der Waals surface area contributed by atoms with E-state index < -0.39 is 6.04 Å². The second-order valence-corrected chi connectivity index (χ2v) is 3.89. The number of hydrogen-bond donors (Lipinski definition) is 2. The van der Waals surface area contributed by atoms with E-state index in [-0.39, 0.29) is 24.3 Å². The highest BCUT2D eigenvalue weighted by Crippen LogP contribution is 2.00. The maximum Gasteiger partial charge on any atom is 0.245 e. The molecule has 3 amide bonds. The quantitative estimate of drug-likeness (QED) is 0.626. The van der Waals surface area contributed by atoms with Crippen LogP contribution in [-0.4, -0.2) is 48.3 Å². The second kappa shape index (κ2) is 5.48. The summed E-state index contributed by atoms with van der Waals surface area (Å²) in [5.74, 6) is -0.617. The first-order valence-corrected chi connectivity index (χ1v) is 5.33. The molecule has 1 aliphatic heterocycles. The molecule has 0 aromatic rings. The average molecular weight is 227 g/mol. The molecule has 6 heteroatoms. The van der Waals surface area contributed by atoms with Crippen LogP contribution in [0.1, 0.15) is 20.3 Å². The summed E-state index contributed by atoms with van der Waals surface area (Å²) in [7, 11) is 0. The fraction of sp³-hybridized carbons (Fsp3) is 0.700. The van der Waals surface area contributed by atoms with Crippen molar-refractivity contribution in [2.24, 2.45) is 0 Å². The molecule has 1 rings (SSSR count). The lowest BCUT2D eigenvalue weighted by Gasteiger charge is -2.23. The van der Waals surface area contributed by atoms with E-state index in [1.54, 1.807) is 6.92 Å². The summed E-state index contributed by atoms with van der Waals surface area (Å²) in [6.45, 7) is 4.19. The molecule has 1 heterocycles. The van der Waals surface area contributed by atoms with Gasteiger partial charge < -0.3 is 15.5 Å². The second-order valence-electron chi connectivity index (χ2n) is 3.89. The summed E-state index contributed by atoms with van der Waals surface area (Å²) in [5, 5.41) is 5.20. The molecule has 0 aliphatic carbocycles. The summed E-state index contributed by atoms with van der Waals surface area (Å²) in [6, 6.07) is -0.580. The minimum atomic E-state index is -0.580. The average Bonchev–Trinajstić information content (AvgIpc) is 2.40. The standard InChI is InChI=1S/C10H17N3O3/c1-7(12-8(2)14)10(16)13-5-3-4-11-9(15)6-13/h7H,3-6H2,1-2H3,(H,11,15)(H,12,14). The van der Waals surface area contributed by atoms with Crippen molar-refractivity contribution in [3.05, 3.63) is 0 Å². The zero-order valence-corrected chi connectivity index (χ0v) is 9.58. The number of carbonyl (C=O) groups is 3. The lowest BCUT2D eigenvalue weighted by molar-refractivity contribution is -0.138. The number of nitrogens with one attached hydrogen (secondary N) is 2. The van der Waals surface area contributed by atoms with Crippen LogP contribution in [0.3, 0.4) is 0 Å². The smallest absolute Gasteiger partial charge is 0.245 e. The Bertz CT molecular complexity index is 304. The van der Waals surface area contributed by atoms with Crippen molar-refractivity contribution < 1.29 is 14.4 Å². The topological polar surface area (TPSA) is 78.5 Å². The van der Waals surface area contributed by atoms with Gasteiger partial charge in [0.05, 0.1) is 6.54 Å². The van der Waals surface area contributed by atoms with E-state index in [4.69, 9.17) is 0 Å². The van der Waals surface area contributed by atoms with Crippen LogP contribution in [0, 0.1) is 0 Å². The van der Waals surface area contributed by atoms with Crippen LogP contribution in [0.4, 0.5) is 0 Å². The van der Waals surface area contributed by atoms with E-state index in [0.717, 1.165) is 6.42 Å². The van der Waals surface area contributed by atoms with Crippen molar-refractivity contribution in [3.63, 3.8) is 0 Å². The van der Waals surface area contributed by atoms with Crippen LogP contribution in [0.5, 0.6) is 0 Å². The van der Waals surface area contributed by atoms with Gasteiger partial charge in [0.2, 0.25) is 17.7 Å². The number of rotatable bonds is 2. The summed E-state index contributed by atoms with van der Waals surface area (Å²) >= 11 is 0. The number of hydrogen-bond acceptors (Lipinski definition) is 3. The molecule has 90 valence electrons. The van der Waals surface area contributed by atoms with Crippen molar-refractivity contribution in [3.8, 4) is 0 Å². The van der Waals surface area contributed by atoms with Crippen molar-refractivity contribution in [1.29, 1.82) is 0 Å². The van der Waals surface area contributed by atoms with Gasteiger partial charge in [-0.1, -0.05) is 0 Å². The van der Waals surface area contributed by atoms with E-state index in [2.05, 4.69) is 10.6 Å². The Labute approximate surface area is 94.4 Å². The lowest BCUT2D eigenvalue weighted by atomic mass is 10.2. The first-order valence-electron chi connectivity index (χ1n) is 5.33. The van der Waals surface area contributed by atoms with Gasteiger partial charge in [0.15, 0.2) is 0 Å². The van der Waals surface area contributed by atoms with Gasteiger partial charge in [-0.3, -0.25) is 14.4 Å². The summed E-state index contributed by atoms with van der Waals surface area (Å²) in [6.07, 6.45) is 0.740. The molecule has 0 spiro atoms. The van der Waals surface area contributed by atoms with Crippen LogP contribution < -0.4 is 10.6 Å². The Morgan fingerprint density at radius 1 is 1.50 bits per heavy atom. The number of nitrogens with zero attached hydrogens (tertiary/aromatic N) is 1. The Morgan fingerprint density at radius 3 is 2.81 bits per heavy atom. The minimum Gasteiger partial charge on any atom is -0.354 e. The molecule has 0 aromatic carbocycles. The van der Waals surface area contributed by atoms with Gasteiger partial charge >= 0.3 is 0 Å². The maximum atomic E-state index is 11.9. The lowest BCUT2D eigenvalue weighted by Crippen LogP contribution is -2.48. The van der Waals surface area contributed by atoms with Crippen LogP contribution in [0.15, 0.2) is 0 Å². The molecule has 1 atom stereocenters. The summed E-state index contributed by atoms with van der Waals surface area (Å²) in [4.78, 5) is 35.4. The van der Waals surface area contributed by atoms with Gasteiger partial charge in [-0.05, 0) is 13.3 Å². The SMILES string of the molecule is CC(=O)NC(C)C(=O)N1CCCNC(=O)C1. The first-order chi connectivity index (χ1) is 7.50. The molecule has 0 radical (unpaired) electrons. The van der Waals surface area contributed by atoms with E-state index in [1.165, 1.54) is 11.8 Å². The highest BCUT2D eigenvalue weighted by atomic mass is 16.2. The molecule has 0 saturated carbocycles. The molecular formula is C10H17N3O3. The summed E-state index contributed by atoms with van der Waals surface area (Å²) < 4.78 is 0. The highest BCUT2D eigenvalue weighted by molar-refractivity contribution is 5.90. The number of carbonyl (C=O) groups excluding carboxylic acids is 3. The molecule has 0 bridgehead atoms. The van der Waals surface area contributed by atoms with Crippen molar-refractivity contribution in [2.45, 2.75) is 26.3 Å². The molecule has 1 aliphatic rings. The molecule has 0 aromatic heterocycles. The molecule has 6 nitrogen and oxygen atoms in total. The largest absolute Gasteiger partial charge is 0.354 e. The van der Waals surface area contributed by atoms with Crippen molar-refractivity contribution in [2.75, 3.05) is 19.6 Å². The third-order valence-electron chi connectivity index (χ3n) is 2.36. The fourth-order valence-electron chi connectivity index (χ4n) is 1.63. The van der Waals surface area contributed by atoms with Gasteiger partial charge in [0, 0.05) is 20.0 Å². The molecule has 1 fully saturated rings. The summed E-state index contributed by atoms with van der Waals surface area (Å²) in [5.41, 5.74) is 0. The molecule has 1 saturated heterocycles. The fourth-order valence-corrected chi connectivity index (χ4v) is 1.63. The van der Waals surface area contributed by atoms with Gasteiger partial charge in [0.1, 0.15) is 6.04 Å². The third kappa shape index (κ3) is 3.52. The van der Waals surface area contributed by atoms with Gasteiger partial charge in [-0.25, -0.2) is 0 Å². The normalized spacial score (nSPS) is 18.4. The molecule has 1 unspecified atom stereocenters. The maximum absolute atomic E-state index is 11.9. The van der Waals surface area contributed by atoms with E-state index >= 15 is 0 Å². The molecule has 16 heavy (non-hydrogen) atoms. The van der Waals surface area contributed by atoms with Gasteiger partial charge in [0.25, 0.3) is 0 Å². The van der Waals surface area contributed by atoms with E-state index in [1.807, 2.05) is 0 Å². The monoisotopic (exact) mass is 227 g/mol. The van der Waals surface area contributed by atoms with Crippen LogP contribution in [-0.2, 0) is 14.4 Å².